The summed E-state index contributed by atoms with van der Waals surface area (Å²) in [6.07, 6.45) is 4.34. The van der Waals surface area contributed by atoms with Crippen molar-refractivity contribution in [3.63, 3.8) is 0 Å². The second-order valence-corrected chi connectivity index (χ2v) is 9.59. The lowest BCUT2D eigenvalue weighted by atomic mass is 9.94. The van der Waals surface area contributed by atoms with Gasteiger partial charge in [0, 0.05) is 42.5 Å². The maximum Gasteiger partial charge on any atom is 0.151 e. The summed E-state index contributed by atoms with van der Waals surface area (Å²) < 4.78 is 1.91. The van der Waals surface area contributed by atoms with Gasteiger partial charge in [-0.2, -0.15) is 9.61 Å². The molecule has 2 aromatic carbocycles. The number of likely N-dealkylation sites (tertiary alicyclic amines) is 1. The Morgan fingerprint density at radius 2 is 1.91 bits per heavy atom. The van der Waals surface area contributed by atoms with Crippen LogP contribution >= 0.6 is 11.6 Å². The molecule has 1 saturated heterocycles. The zero-order valence-electron chi connectivity index (χ0n) is 19.3. The van der Waals surface area contributed by atoms with Crippen LogP contribution < -0.4 is 16.2 Å². The van der Waals surface area contributed by atoms with Crippen molar-refractivity contribution in [3.8, 4) is 11.3 Å². The predicted octanol–water partition coefficient (Wildman–Crippen LogP) is 1.89. The van der Waals surface area contributed by atoms with Gasteiger partial charge in [0.15, 0.2) is 5.65 Å². The van der Waals surface area contributed by atoms with Gasteiger partial charge in [-0.15, -0.1) is 0 Å². The number of hydrogen-bond donors (Lipinski definition) is 1. The molecule has 5 nitrogen and oxygen atoms in total. The predicted molar refractivity (Wildman–Crippen MR) is 143 cm³/mol. The van der Waals surface area contributed by atoms with Crippen LogP contribution in [0.5, 0.6) is 0 Å². The Hall–Kier alpha value is -2.76. The number of halogens is 1. The van der Waals surface area contributed by atoms with Crippen LogP contribution in [-0.4, -0.2) is 54.8 Å². The lowest BCUT2D eigenvalue weighted by Gasteiger charge is -2.33. The fraction of sp³-hybridized carbons (Fsp3) is 0.280. The first kappa shape index (κ1) is 22.1. The molecule has 1 fully saturated rings. The lowest BCUT2D eigenvalue weighted by Crippen LogP contribution is -2.37. The lowest BCUT2D eigenvalue weighted by molar-refractivity contribution is 0.173. The minimum absolute atomic E-state index is 0.591. The molecule has 166 valence electrons. The molecule has 5 rings (SSSR count). The minimum atomic E-state index is 0.591. The van der Waals surface area contributed by atoms with E-state index in [1.54, 1.807) is 0 Å². The van der Waals surface area contributed by atoms with Gasteiger partial charge in [0.25, 0.3) is 0 Å². The van der Waals surface area contributed by atoms with Gasteiger partial charge < -0.3 is 5.32 Å². The molecule has 0 amide bonds. The molecule has 0 bridgehead atoms. The Balaban J connectivity index is 1.32. The minimum Gasteiger partial charge on any atom is -0.370 e. The van der Waals surface area contributed by atoms with E-state index in [0.717, 1.165) is 47.8 Å². The second kappa shape index (κ2) is 9.62. The van der Waals surface area contributed by atoms with E-state index in [0.29, 0.717) is 10.9 Å². The molecule has 0 radical (unpaired) electrons. The number of aromatic nitrogens is 3. The van der Waals surface area contributed by atoms with E-state index >= 15 is 0 Å². The summed E-state index contributed by atoms with van der Waals surface area (Å²) in [5.74, 6) is 1.55. The number of nitrogens with zero attached hydrogens (tertiary/aromatic N) is 4. The molecule has 3 heterocycles. The molecule has 0 spiro atoms. The van der Waals surface area contributed by atoms with Crippen molar-refractivity contribution in [1.29, 1.82) is 0 Å². The van der Waals surface area contributed by atoms with E-state index < -0.39 is 0 Å². The molecule has 1 aliphatic rings. The van der Waals surface area contributed by atoms with Crippen LogP contribution in [0.1, 0.15) is 18.4 Å². The summed E-state index contributed by atoms with van der Waals surface area (Å²) in [6.45, 7) is 4.19. The molecule has 0 saturated carbocycles. The third-order valence-corrected chi connectivity index (χ3v) is 6.83. The van der Waals surface area contributed by atoms with Gasteiger partial charge in [0.1, 0.15) is 21.5 Å². The Morgan fingerprint density at radius 3 is 2.73 bits per heavy atom. The van der Waals surface area contributed by atoms with E-state index in [-0.39, 0.29) is 0 Å². The fourth-order valence-corrected chi connectivity index (χ4v) is 4.90. The Bertz CT molecular complexity index is 1260. The molecule has 1 unspecified atom stereocenters. The standard InChI is InChI=1S/C25H28B2ClN5/c26-19-9-7-17(8-10-19)15-32-11-3-4-18(16-32)13-29-24-12-23(20-5-1-2-6-22(20)28)31-25-21(27)14-30-33(24)25/h1-2,5-10,12,14,18,29H,3-4,11,13,15-16,26-27H2. The van der Waals surface area contributed by atoms with Gasteiger partial charge in [0.2, 0.25) is 0 Å². The number of rotatable bonds is 6. The number of benzene rings is 2. The first-order valence-corrected chi connectivity index (χ1v) is 12.1. The summed E-state index contributed by atoms with van der Waals surface area (Å²) >= 11 is 6.48. The van der Waals surface area contributed by atoms with Crippen LogP contribution in [0.15, 0.2) is 60.8 Å². The van der Waals surface area contributed by atoms with E-state index in [9.17, 15) is 0 Å². The third kappa shape index (κ3) is 4.94. The maximum absolute atomic E-state index is 6.48. The third-order valence-electron chi connectivity index (χ3n) is 6.50. The van der Waals surface area contributed by atoms with Crippen LogP contribution in [0.4, 0.5) is 5.82 Å². The van der Waals surface area contributed by atoms with Crippen LogP contribution in [0.25, 0.3) is 16.9 Å². The topological polar surface area (TPSA) is 45.5 Å². The van der Waals surface area contributed by atoms with Gasteiger partial charge in [-0.1, -0.05) is 59.5 Å². The van der Waals surface area contributed by atoms with Crippen LogP contribution in [0.3, 0.4) is 0 Å². The van der Waals surface area contributed by atoms with Crippen molar-refractivity contribution in [2.24, 2.45) is 5.92 Å². The maximum atomic E-state index is 6.48. The number of nitrogens with one attached hydrogen (secondary N) is 1. The number of hydrogen-bond acceptors (Lipinski definition) is 4. The molecule has 0 aliphatic carbocycles. The molecule has 4 aromatic rings. The summed E-state index contributed by atoms with van der Waals surface area (Å²) in [5, 5.41) is 8.95. The van der Waals surface area contributed by atoms with Gasteiger partial charge >= 0.3 is 0 Å². The van der Waals surface area contributed by atoms with E-state index in [1.165, 1.54) is 30.4 Å². The van der Waals surface area contributed by atoms with Crippen molar-refractivity contribution >= 4 is 49.7 Å². The molecule has 1 atom stereocenters. The Morgan fingerprint density at radius 1 is 1.09 bits per heavy atom. The van der Waals surface area contributed by atoms with Crippen LogP contribution in [-0.2, 0) is 6.54 Å². The molecule has 2 aromatic heterocycles. The molecule has 1 aliphatic heterocycles. The van der Waals surface area contributed by atoms with E-state index in [4.69, 9.17) is 16.6 Å². The fourth-order valence-electron chi connectivity index (χ4n) is 4.67. The first-order chi connectivity index (χ1) is 16.1. The van der Waals surface area contributed by atoms with Crippen molar-refractivity contribution in [2.75, 3.05) is 25.0 Å². The van der Waals surface area contributed by atoms with Gasteiger partial charge in [0.05, 0.1) is 5.69 Å². The van der Waals surface area contributed by atoms with Crippen LogP contribution in [0, 0.1) is 5.92 Å². The monoisotopic (exact) mass is 455 g/mol. The van der Waals surface area contributed by atoms with Gasteiger partial charge in [-0.05, 0) is 42.4 Å². The second-order valence-electron chi connectivity index (χ2n) is 9.18. The highest BCUT2D eigenvalue weighted by molar-refractivity contribution is 6.36. The average molecular weight is 456 g/mol. The average Bonchev–Trinajstić information content (AvgIpc) is 3.20. The van der Waals surface area contributed by atoms with Crippen molar-refractivity contribution in [2.45, 2.75) is 19.4 Å². The molecular weight excluding hydrogens is 427 g/mol. The highest BCUT2D eigenvalue weighted by Crippen LogP contribution is 2.28. The summed E-state index contributed by atoms with van der Waals surface area (Å²) in [6, 6.07) is 18.8. The molecule has 1 N–H and O–H groups in total. The van der Waals surface area contributed by atoms with E-state index in [2.05, 4.69) is 53.5 Å². The number of fused-ring (bicyclic) bond motifs is 1. The normalized spacial score (nSPS) is 16.8. The smallest absolute Gasteiger partial charge is 0.151 e. The van der Waals surface area contributed by atoms with E-state index in [1.807, 2.05) is 42.8 Å². The summed E-state index contributed by atoms with van der Waals surface area (Å²) in [7, 11) is 4.18. The summed E-state index contributed by atoms with van der Waals surface area (Å²) in [4.78, 5) is 7.43. The molecular formula is C25H28B2ClN5. The van der Waals surface area contributed by atoms with Crippen molar-refractivity contribution in [1.82, 2.24) is 19.5 Å². The quantitative estimate of drug-likeness (QED) is 0.451. The van der Waals surface area contributed by atoms with Crippen molar-refractivity contribution < 1.29 is 0 Å². The Labute approximate surface area is 202 Å². The SMILES string of the molecule is Bc1ccc(CN2CCCC(CNc3cc(-c4ccccc4Cl)nc4c(B)cnn34)C2)cc1. The van der Waals surface area contributed by atoms with Crippen molar-refractivity contribution in [3.05, 3.63) is 71.4 Å². The zero-order valence-corrected chi connectivity index (χ0v) is 20.0. The highest BCUT2D eigenvalue weighted by atomic mass is 35.5. The number of anilines is 1. The Kier molecular flexibility index (Phi) is 6.43. The van der Waals surface area contributed by atoms with Crippen LogP contribution in [0.2, 0.25) is 5.02 Å². The first-order valence-electron chi connectivity index (χ1n) is 11.7. The molecule has 8 heteroatoms. The highest BCUT2D eigenvalue weighted by Gasteiger charge is 2.21. The van der Waals surface area contributed by atoms with Gasteiger partial charge in [-0.3, -0.25) is 4.90 Å². The number of piperidine rings is 1. The largest absolute Gasteiger partial charge is 0.370 e. The van der Waals surface area contributed by atoms with Gasteiger partial charge in [-0.25, -0.2) is 4.98 Å². The zero-order chi connectivity index (χ0) is 22.8. The summed E-state index contributed by atoms with van der Waals surface area (Å²) in [5.41, 5.74) is 6.42. The molecule has 33 heavy (non-hydrogen) atoms.